The van der Waals surface area contributed by atoms with Crippen molar-refractivity contribution in [2.75, 3.05) is 12.4 Å². The maximum atomic E-state index is 12.6. The number of amides is 1. The van der Waals surface area contributed by atoms with Gasteiger partial charge in [-0.3, -0.25) is 4.79 Å². The molecule has 1 amide bonds. The summed E-state index contributed by atoms with van der Waals surface area (Å²) in [6, 6.07) is 20.5. The quantitative estimate of drug-likeness (QED) is 0.614. The van der Waals surface area contributed by atoms with Crippen LogP contribution in [0.1, 0.15) is 21.5 Å². The van der Waals surface area contributed by atoms with E-state index in [1.165, 1.54) is 7.11 Å². The Morgan fingerprint density at radius 1 is 1.04 bits per heavy atom. The lowest BCUT2D eigenvalue weighted by Gasteiger charge is -2.14. The molecule has 4 nitrogen and oxygen atoms in total. The molecule has 3 aromatic rings. The van der Waals surface area contributed by atoms with Gasteiger partial charge in [0.25, 0.3) is 5.91 Å². The van der Waals surface area contributed by atoms with E-state index in [1.807, 2.05) is 61.5 Å². The van der Waals surface area contributed by atoms with Gasteiger partial charge in [0, 0.05) is 11.3 Å². The fourth-order valence-corrected chi connectivity index (χ4v) is 2.87. The molecule has 138 valence electrons. The van der Waals surface area contributed by atoms with Crippen molar-refractivity contribution in [3.63, 3.8) is 0 Å². The van der Waals surface area contributed by atoms with E-state index in [9.17, 15) is 4.79 Å². The minimum atomic E-state index is -0.270. The largest absolute Gasteiger partial charge is 0.491 e. The van der Waals surface area contributed by atoms with Crippen molar-refractivity contribution in [1.82, 2.24) is 0 Å². The molecule has 1 N–H and O–H groups in total. The highest BCUT2D eigenvalue weighted by atomic mass is 35.5. The number of hydrogen-bond donors (Lipinski definition) is 1. The molecule has 3 aromatic carbocycles. The molecule has 5 heteroatoms. The van der Waals surface area contributed by atoms with Crippen LogP contribution in [0.25, 0.3) is 0 Å². The van der Waals surface area contributed by atoms with Gasteiger partial charge < -0.3 is 14.8 Å². The second-order valence-electron chi connectivity index (χ2n) is 6.08. The van der Waals surface area contributed by atoms with Crippen molar-refractivity contribution in [3.05, 3.63) is 88.4 Å². The van der Waals surface area contributed by atoms with E-state index in [1.54, 1.807) is 12.1 Å². The normalized spacial score (nSPS) is 10.3. The average Bonchev–Trinajstić information content (AvgIpc) is 2.68. The topological polar surface area (TPSA) is 47.6 Å². The summed E-state index contributed by atoms with van der Waals surface area (Å²) in [5, 5.41) is 3.17. The molecule has 0 atom stereocenters. The first-order valence-corrected chi connectivity index (χ1v) is 8.87. The third-order valence-corrected chi connectivity index (χ3v) is 4.30. The third kappa shape index (κ3) is 4.80. The number of methoxy groups -OCH3 is 1. The number of carbonyl (C=O) groups excluding carboxylic acids is 1. The lowest BCUT2D eigenvalue weighted by Crippen LogP contribution is -2.12. The van der Waals surface area contributed by atoms with Crippen molar-refractivity contribution in [2.45, 2.75) is 13.5 Å². The van der Waals surface area contributed by atoms with Crippen LogP contribution in [0.2, 0.25) is 5.02 Å². The molecule has 0 saturated heterocycles. The Kier molecular flexibility index (Phi) is 5.99. The molecule has 0 spiro atoms. The van der Waals surface area contributed by atoms with Gasteiger partial charge in [-0.05, 0) is 36.8 Å². The molecular weight excluding hydrogens is 362 g/mol. The Hall–Kier alpha value is -2.98. The summed E-state index contributed by atoms with van der Waals surface area (Å²) in [6.07, 6.45) is 0. The van der Waals surface area contributed by atoms with Gasteiger partial charge in [0.15, 0.2) is 11.5 Å². The van der Waals surface area contributed by atoms with E-state index in [0.29, 0.717) is 34.4 Å². The Morgan fingerprint density at radius 2 is 1.74 bits per heavy atom. The van der Waals surface area contributed by atoms with E-state index in [2.05, 4.69) is 5.32 Å². The molecule has 0 bridgehead atoms. The maximum Gasteiger partial charge on any atom is 0.255 e. The molecule has 0 fully saturated rings. The van der Waals surface area contributed by atoms with E-state index >= 15 is 0 Å². The monoisotopic (exact) mass is 381 g/mol. The Morgan fingerprint density at radius 3 is 2.41 bits per heavy atom. The first-order chi connectivity index (χ1) is 13.1. The number of halogens is 1. The number of anilines is 1. The number of hydrogen-bond acceptors (Lipinski definition) is 3. The Balaban J connectivity index is 1.82. The van der Waals surface area contributed by atoms with Crippen molar-refractivity contribution in [1.29, 1.82) is 0 Å². The summed E-state index contributed by atoms with van der Waals surface area (Å²) < 4.78 is 11.2. The van der Waals surface area contributed by atoms with Gasteiger partial charge in [0.2, 0.25) is 0 Å². The first kappa shape index (κ1) is 18.8. The predicted molar refractivity (Wildman–Crippen MR) is 108 cm³/mol. The molecule has 27 heavy (non-hydrogen) atoms. The van der Waals surface area contributed by atoms with Gasteiger partial charge in [-0.25, -0.2) is 0 Å². The second-order valence-corrected chi connectivity index (χ2v) is 6.49. The molecule has 0 saturated carbocycles. The summed E-state index contributed by atoms with van der Waals surface area (Å²) in [4.78, 5) is 12.6. The molecule has 0 radical (unpaired) electrons. The number of ether oxygens (including phenoxy) is 2. The van der Waals surface area contributed by atoms with Gasteiger partial charge in [0.05, 0.1) is 12.1 Å². The summed E-state index contributed by atoms with van der Waals surface area (Å²) >= 11 is 6.30. The van der Waals surface area contributed by atoms with Crippen LogP contribution in [0, 0.1) is 6.92 Å². The summed E-state index contributed by atoms with van der Waals surface area (Å²) in [6.45, 7) is 2.34. The van der Waals surface area contributed by atoms with Gasteiger partial charge >= 0.3 is 0 Å². The van der Waals surface area contributed by atoms with E-state index in [-0.39, 0.29) is 5.91 Å². The third-order valence-electron chi connectivity index (χ3n) is 4.02. The van der Waals surface area contributed by atoms with Crippen LogP contribution >= 0.6 is 11.6 Å². The molecule has 0 unspecified atom stereocenters. The zero-order valence-electron chi connectivity index (χ0n) is 15.2. The maximum absolute atomic E-state index is 12.6. The van der Waals surface area contributed by atoms with E-state index in [0.717, 1.165) is 11.1 Å². The number of benzene rings is 3. The summed E-state index contributed by atoms with van der Waals surface area (Å²) in [7, 11) is 1.52. The van der Waals surface area contributed by atoms with Crippen LogP contribution < -0.4 is 14.8 Å². The highest BCUT2D eigenvalue weighted by Gasteiger charge is 2.16. The lowest BCUT2D eigenvalue weighted by atomic mass is 10.1. The van der Waals surface area contributed by atoms with Crippen molar-refractivity contribution >= 4 is 23.2 Å². The smallest absolute Gasteiger partial charge is 0.255 e. The zero-order valence-corrected chi connectivity index (χ0v) is 15.9. The summed E-state index contributed by atoms with van der Waals surface area (Å²) in [5.41, 5.74) is 3.23. The van der Waals surface area contributed by atoms with Gasteiger partial charge in [-0.2, -0.15) is 0 Å². The minimum Gasteiger partial charge on any atom is -0.491 e. The fraction of sp³-hybridized carbons (Fsp3) is 0.136. The predicted octanol–water partition coefficient (Wildman–Crippen LogP) is 5.49. The molecule has 0 aliphatic rings. The highest BCUT2D eigenvalue weighted by Crippen LogP contribution is 2.37. The standard InChI is InChI=1S/C22H20ClNO3/c1-15-8-10-18(11-9-15)24-22(25)17-12-19(23)21(26-2)20(13-17)27-14-16-6-4-3-5-7-16/h3-13H,14H2,1-2H3,(H,24,25). The number of rotatable bonds is 6. The van der Waals surface area contributed by atoms with E-state index < -0.39 is 0 Å². The number of aryl methyl sites for hydroxylation is 1. The van der Waals surface area contributed by atoms with Crippen molar-refractivity contribution < 1.29 is 14.3 Å². The molecule has 0 aliphatic carbocycles. The first-order valence-electron chi connectivity index (χ1n) is 8.49. The minimum absolute atomic E-state index is 0.270. The van der Waals surface area contributed by atoms with Gasteiger partial charge in [0.1, 0.15) is 6.61 Å². The van der Waals surface area contributed by atoms with Crippen LogP contribution in [-0.2, 0) is 6.61 Å². The van der Waals surface area contributed by atoms with Gasteiger partial charge in [-0.15, -0.1) is 0 Å². The Bertz CT molecular complexity index is 924. The fourth-order valence-electron chi connectivity index (χ4n) is 2.58. The van der Waals surface area contributed by atoms with E-state index in [4.69, 9.17) is 21.1 Å². The van der Waals surface area contributed by atoms with Crippen LogP contribution in [0.5, 0.6) is 11.5 Å². The van der Waals surface area contributed by atoms with Crippen LogP contribution in [0.4, 0.5) is 5.69 Å². The van der Waals surface area contributed by atoms with Crippen molar-refractivity contribution in [2.24, 2.45) is 0 Å². The SMILES string of the molecule is COc1c(Cl)cc(C(=O)Nc2ccc(C)cc2)cc1OCc1ccccc1. The lowest BCUT2D eigenvalue weighted by molar-refractivity contribution is 0.102. The average molecular weight is 382 g/mol. The molecule has 0 aromatic heterocycles. The van der Waals surface area contributed by atoms with Gasteiger partial charge in [-0.1, -0.05) is 59.6 Å². The Labute approximate surface area is 163 Å². The van der Waals surface area contributed by atoms with Crippen LogP contribution in [0.3, 0.4) is 0 Å². The molecule has 3 rings (SSSR count). The molecule has 0 heterocycles. The second kappa shape index (κ2) is 8.60. The highest BCUT2D eigenvalue weighted by molar-refractivity contribution is 6.32. The number of nitrogens with one attached hydrogen (secondary N) is 1. The van der Waals surface area contributed by atoms with Crippen LogP contribution in [-0.4, -0.2) is 13.0 Å². The number of carbonyl (C=O) groups is 1. The molecular formula is C22H20ClNO3. The van der Waals surface area contributed by atoms with Crippen molar-refractivity contribution in [3.8, 4) is 11.5 Å². The zero-order chi connectivity index (χ0) is 19.2. The van der Waals surface area contributed by atoms with Crippen LogP contribution in [0.15, 0.2) is 66.7 Å². The summed E-state index contributed by atoms with van der Waals surface area (Å²) in [5.74, 6) is 0.551. The molecule has 0 aliphatic heterocycles.